The molecule has 0 saturated carbocycles. The molecule has 0 saturated heterocycles. The summed E-state index contributed by atoms with van der Waals surface area (Å²) in [6.07, 6.45) is 2.93. The van der Waals surface area contributed by atoms with Crippen LogP contribution in [0.1, 0.15) is 40.6 Å². The minimum atomic E-state index is -3.54. The molecule has 146 valence electrons. The van der Waals surface area contributed by atoms with Crippen molar-refractivity contribution in [3.63, 3.8) is 0 Å². The molecule has 0 spiro atoms. The number of benzene rings is 2. The zero-order valence-electron chi connectivity index (χ0n) is 15.8. The third kappa shape index (κ3) is 3.31. The second kappa shape index (κ2) is 7.07. The van der Waals surface area contributed by atoms with Gasteiger partial charge < -0.3 is 9.73 Å². The highest BCUT2D eigenvalue weighted by molar-refractivity contribution is 7.89. The van der Waals surface area contributed by atoms with Crippen molar-refractivity contribution in [1.82, 2.24) is 9.62 Å². The Hall–Kier alpha value is -2.64. The molecule has 0 aliphatic heterocycles. The molecule has 0 fully saturated rings. The van der Waals surface area contributed by atoms with Gasteiger partial charge in [0, 0.05) is 19.5 Å². The number of carbonyl (C=O) groups excluding carboxylic acids is 1. The van der Waals surface area contributed by atoms with Crippen LogP contribution in [0.4, 0.5) is 0 Å². The van der Waals surface area contributed by atoms with Crippen LogP contribution in [0.3, 0.4) is 0 Å². The van der Waals surface area contributed by atoms with Crippen molar-refractivity contribution < 1.29 is 17.6 Å². The van der Waals surface area contributed by atoms with E-state index in [0.717, 1.165) is 29.1 Å². The number of nitrogens with zero attached hydrogens (tertiary/aromatic N) is 1. The summed E-state index contributed by atoms with van der Waals surface area (Å²) in [5.41, 5.74) is 2.90. The number of furan rings is 1. The third-order valence-electron chi connectivity index (χ3n) is 5.16. The van der Waals surface area contributed by atoms with Crippen LogP contribution in [0, 0.1) is 0 Å². The van der Waals surface area contributed by atoms with Crippen molar-refractivity contribution in [3.8, 4) is 0 Å². The van der Waals surface area contributed by atoms with Gasteiger partial charge in [-0.15, -0.1) is 0 Å². The van der Waals surface area contributed by atoms with E-state index in [0.29, 0.717) is 11.0 Å². The van der Waals surface area contributed by atoms with Crippen LogP contribution in [0.2, 0.25) is 0 Å². The minimum Gasteiger partial charge on any atom is -0.451 e. The average Bonchev–Trinajstić information content (AvgIpc) is 3.11. The van der Waals surface area contributed by atoms with E-state index in [1.807, 2.05) is 12.1 Å². The Balaban J connectivity index is 1.61. The first-order chi connectivity index (χ1) is 13.4. The molecule has 4 rings (SSSR count). The van der Waals surface area contributed by atoms with E-state index in [2.05, 4.69) is 17.4 Å². The van der Waals surface area contributed by atoms with Gasteiger partial charge in [0.05, 0.1) is 10.9 Å². The summed E-state index contributed by atoms with van der Waals surface area (Å²) in [5.74, 6) is -0.118. The highest BCUT2D eigenvalue weighted by Gasteiger charge is 2.24. The molecule has 1 atom stereocenters. The standard InChI is InChI=1S/C21H22N2O4S/c1-23(2)28(25,26)16-10-11-19-15(12-16)13-20(27-19)21(24)22-18-9-5-7-14-6-3-4-8-17(14)18/h3-4,6,8,10-13,18H,5,7,9H2,1-2H3,(H,22,24). The Kier molecular flexibility index (Phi) is 4.72. The zero-order chi connectivity index (χ0) is 19.9. The maximum absolute atomic E-state index is 12.8. The van der Waals surface area contributed by atoms with Crippen LogP contribution in [-0.4, -0.2) is 32.7 Å². The van der Waals surface area contributed by atoms with Crippen molar-refractivity contribution in [2.24, 2.45) is 0 Å². The number of hydrogen-bond donors (Lipinski definition) is 1. The quantitative estimate of drug-likeness (QED) is 0.730. The Bertz CT molecular complexity index is 1150. The molecule has 1 aliphatic carbocycles. The lowest BCUT2D eigenvalue weighted by Gasteiger charge is -2.25. The zero-order valence-corrected chi connectivity index (χ0v) is 16.6. The Morgan fingerprint density at radius 2 is 1.93 bits per heavy atom. The number of rotatable bonds is 4. The van der Waals surface area contributed by atoms with E-state index in [1.54, 1.807) is 12.1 Å². The van der Waals surface area contributed by atoms with Crippen LogP contribution in [0.25, 0.3) is 11.0 Å². The number of amides is 1. The predicted molar refractivity (Wildman–Crippen MR) is 107 cm³/mol. The molecule has 1 aromatic heterocycles. The Morgan fingerprint density at radius 1 is 1.14 bits per heavy atom. The van der Waals surface area contributed by atoms with Gasteiger partial charge in [0.1, 0.15) is 5.58 Å². The maximum atomic E-state index is 12.8. The van der Waals surface area contributed by atoms with E-state index in [-0.39, 0.29) is 22.6 Å². The van der Waals surface area contributed by atoms with E-state index in [1.165, 1.54) is 31.8 Å². The smallest absolute Gasteiger partial charge is 0.287 e. The van der Waals surface area contributed by atoms with Gasteiger partial charge in [0.2, 0.25) is 10.0 Å². The molecular formula is C21H22N2O4S. The number of aryl methyl sites for hydroxylation is 1. The van der Waals surface area contributed by atoms with E-state index in [4.69, 9.17) is 4.42 Å². The van der Waals surface area contributed by atoms with Gasteiger partial charge in [0.25, 0.3) is 5.91 Å². The number of carbonyl (C=O) groups is 1. The van der Waals surface area contributed by atoms with Crippen molar-refractivity contribution in [3.05, 3.63) is 65.4 Å². The number of nitrogens with one attached hydrogen (secondary N) is 1. The minimum absolute atomic E-state index is 0.0460. The summed E-state index contributed by atoms with van der Waals surface area (Å²) < 4.78 is 31.4. The normalized spacial score (nSPS) is 16.9. The van der Waals surface area contributed by atoms with E-state index in [9.17, 15) is 13.2 Å². The van der Waals surface area contributed by atoms with E-state index < -0.39 is 10.0 Å². The maximum Gasteiger partial charge on any atom is 0.287 e. The summed E-state index contributed by atoms with van der Waals surface area (Å²) in [6.45, 7) is 0. The Labute approximate surface area is 164 Å². The van der Waals surface area contributed by atoms with Crippen LogP contribution >= 0.6 is 0 Å². The fraction of sp³-hybridized carbons (Fsp3) is 0.286. The summed E-state index contributed by atoms with van der Waals surface area (Å²) in [7, 11) is -0.581. The first kappa shape index (κ1) is 18.7. The lowest BCUT2D eigenvalue weighted by Crippen LogP contribution is -2.30. The van der Waals surface area contributed by atoms with Crippen LogP contribution in [-0.2, 0) is 16.4 Å². The lowest BCUT2D eigenvalue weighted by atomic mass is 9.88. The van der Waals surface area contributed by atoms with Crippen LogP contribution in [0.5, 0.6) is 0 Å². The van der Waals surface area contributed by atoms with Crippen LogP contribution < -0.4 is 5.32 Å². The summed E-state index contributed by atoms with van der Waals surface area (Å²) in [5, 5.41) is 3.64. The van der Waals surface area contributed by atoms with E-state index >= 15 is 0 Å². The monoisotopic (exact) mass is 398 g/mol. The van der Waals surface area contributed by atoms with Crippen LogP contribution in [0.15, 0.2) is 57.8 Å². The number of hydrogen-bond acceptors (Lipinski definition) is 4. The fourth-order valence-corrected chi connectivity index (χ4v) is 4.58. The van der Waals surface area contributed by atoms with Gasteiger partial charge in [-0.1, -0.05) is 24.3 Å². The molecular weight excluding hydrogens is 376 g/mol. The molecule has 7 heteroatoms. The Morgan fingerprint density at radius 3 is 2.71 bits per heavy atom. The van der Waals surface area contributed by atoms with Gasteiger partial charge in [-0.25, -0.2) is 12.7 Å². The molecule has 3 aromatic rings. The highest BCUT2D eigenvalue weighted by Crippen LogP contribution is 2.30. The predicted octanol–water partition coefficient (Wildman–Crippen LogP) is 3.49. The fourth-order valence-electron chi connectivity index (χ4n) is 3.64. The topological polar surface area (TPSA) is 79.6 Å². The first-order valence-corrected chi connectivity index (χ1v) is 10.6. The highest BCUT2D eigenvalue weighted by atomic mass is 32.2. The number of sulfonamides is 1. The molecule has 1 N–H and O–H groups in total. The molecule has 2 aromatic carbocycles. The average molecular weight is 398 g/mol. The summed E-state index contributed by atoms with van der Waals surface area (Å²) in [6, 6.07) is 14.3. The van der Waals surface area contributed by atoms with Crippen molar-refractivity contribution in [1.29, 1.82) is 0 Å². The molecule has 28 heavy (non-hydrogen) atoms. The van der Waals surface area contributed by atoms with Crippen molar-refractivity contribution in [2.75, 3.05) is 14.1 Å². The van der Waals surface area contributed by atoms with Crippen molar-refractivity contribution >= 4 is 26.9 Å². The SMILES string of the molecule is CN(C)S(=O)(=O)c1ccc2oc(C(=O)NC3CCCc4ccccc43)cc2c1. The van der Waals surface area contributed by atoms with Gasteiger partial charge in [0.15, 0.2) is 5.76 Å². The lowest BCUT2D eigenvalue weighted by molar-refractivity contribution is 0.0907. The molecule has 1 unspecified atom stereocenters. The first-order valence-electron chi connectivity index (χ1n) is 9.21. The van der Waals surface area contributed by atoms with Crippen molar-refractivity contribution in [2.45, 2.75) is 30.2 Å². The molecule has 1 heterocycles. The second-order valence-electron chi connectivity index (χ2n) is 7.21. The summed E-state index contributed by atoms with van der Waals surface area (Å²) in [4.78, 5) is 12.9. The number of fused-ring (bicyclic) bond motifs is 2. The van der Waals surface area contributed by atoms with Gasteiger partial charge in [-0.05, 0) is 54.7 Å². The molecule has 0 radical (unpaired) electrons. The third-order valence-corrected chi connectivity index (χ3v) is 6.98. The second-order valence-corrected chi connectivity index (χ2v) is 9.37. The van der Waals surface area contributed by atoms with Gasteiger partial charge in [-0.2, -0.15) is 0 Å². The van der Waals surface area contributed by atoms with Gasteiger partial charge >= 0.3 is 0 Å². The molecule has 0 bridgehead atoms. The molecule has 6 nitrogen and oxygen atoms in total. The summed E-state index contributed by atoms with van der Waals surface area (Å²) >= 11 is 0. The largest absolute Gasteiger partial charge is 0.451 e. The van der Waals surface area contributed by atoms with Gasteiger partial charge in [-0.3, -0.25) is 4.79 Å². The molecule has 1 aliphatic rings. The molecule has 1 amide bonds.